The van der Waals surface area contributed by atoms with Gasteiger partial charge < -0.3 is 10.1 Å². The summed E-state index contributed by atoms with van der Waals surface area (Å²) in [7, 11) is 0. The number of anilines is 1. The second-order valence-corrected chi connectivity index (χ2v) is 4.86. The van der Waals surface area contributed by atoms with Gasteiger partial charge in [0.2, 0.25) is 5.91 Å². The second kappa shape index (κ2) is 6.70. The number of benzene rings is 2. The third-order valence-electron chi connectivity index (χ3n) is 2.63. The molecule has 2 aromatic rings. The number of hydrogen-bond acceptors (Lipinski definition) is 2. The molecule has 0 spiro atoms. The van der Waals surface area contributed by atoms with Crippen molar-refractivity contribution in [2.75, 3.05) is 5.32 Å². The fourth-order valence-electron chi connectivity index (χ4n) is 1.76. The Balaban J connectivity index is 1.99. The normalized spacial score (nSPS) is 11.1. The van der Waals surface area contributed by atoms with Crippen molar-refractivity contribution < 1.29 is 22.7 Å². The highest BCUT2D eigenvalue weighted by Crippen LogP contribution is 2.25. The van der Waals surface area contributed by atoms with E-state index in [9.17, 15) is 18.0 Å². The Morgan fingerprint density at radius 2 is 1.82 bits per heavy atom. The van der Waals surface area contributed by atoms with Crippen LogP contribution in [0.15, 0.2) is 48.5 Å². The Labute approximate surface area is 129 Å². The number of hydrogen-bond donors (Lipinski definition) is 1. The highest BCUT2D eigenvalue weighted by molar-refractivity contribution is 6.30. The van der Waals surface area contributed by atoms with Gasteiger partial charge in [-0.3, -0.25) is 4.79 Å². The Morgan fingerprint density at radius 3 is 2.45 bits per heavy atom. The van der Waals surface area contributed by atoms with E-state index in [1.807, 2.05) is 0 Å². The predicted octanol–water partition coefficient (Wildman–Crippen LogP) is 4.42. The lowest BCUT2D eigenvalue weighted by Crippen LogP contribution is -2.18. The Morgan fingerprint density at radius 1 is 1.14 bits per heavy atom. The number of halogens is 4. The molecule has 22 heavy (non-hydrogen) atoms. The minimum atomic E-state index is -4.77. The van der Waals surface area contributed by atoms with E-state index in [4.69, 9.17) is 11.6 Å². The molecule has 0 aliphatic carbocycles. The van der Waals surface area contributed by atoms with Gasteiger partial charge in [0.1, 0.15) is 5.75 Å². The third-order valence-corrected chi connectivity index (χ3v) is 2.88. The zero-order valence-electron chi connectivity index (χ0n) is 11.2. The van der Waals surface area contributed by atoms with Gasteiger partial charge in [-0.15, -0.1) is 13.2 Å². The van der Waals surface area contributed by atoms with Crippen LogP contribution in [-0.2, 0) is 11.2 Å². The average molecular weight is 330 g/mol. The maximum absolute atomic E-state index is 12.1. The standard InChI is InChI=1S/C15H11ClF3NO2/c16-11-6-4-10(5-7-11)8-14(21)20-12-2-1-3-13(9-12)22-15(17,18)19/h1-7,9H,8H2,(H,20,21). The largest absolute Gasteiger partial charge is 0.573 e. The van der Waals surface area contributed by atoms with Crippen molar-refractivity contribution in [3.8, 4) is 5.75 Å². The monoisotopic (exact) mass is 329 g/mol. The van der Waals surface area contributed by atoms with Gasteiger partial charge in [0.25, 0.3) is 0 Å². The third kappa shape index (κ3) is 5.29. The summed E-state index contributed by atoms with van der Waals surface area (Å²) in [4.78, 5) is 11.9. The molecule has 0 unspecified atom stereocenters. The first-order chi connectivity index (χ1) is 10.3. The number of rotatable bonds is 4. The lowest BCUT2D eigenvalue weighted by molar-refractivity contribution is -0.274. The van der Waals surface area contributed by atoms with Gasteiger partial charge in [0.05, 0.1) is 6.42 Å². The molecule has 3 nitrogen and oxygen atoms in total. The zero-order valence-corrected chi connectivity index (χ0v) is 11.9. The molecule has 1 N–H and O–H groups in total. The van der Waals surface area contributed by atoms with Crippen molar-refractivity contribution in [2.24, 2.45) is 0 Å². The molecule has 7 heteroatoms. The SMILES string of the molecule is O=C(Cc1ccc(Cl)cc1)Nc1cccc(OC(F)(F)F)c1. The van der Waals surface area contributed by atoms with Crippen LogP contribution in [0.3, 0.4) is 0 Å². The molecule has 0 aliphatic rings. The van der Waals surface area contributed by atoms with Crippen LogP contribution in [0.25, 0.3) is 0 Å². The summed E-state index contributed by atoms with van der Waals surface area (Å²) in [6.07, 6.45) is -4.69. The fourth-order valence-corrected chi connectivity index (χ4v) is 1.89. The minimum absolute atomic E-state index is 0.0848. The molecular weight excluding hydrogens is 319 g/mol. The summed E-state index contributed by atoms with van der Waals surface area (Å²) in [5, 5.41) is 3.07. The van der Waals surface area contributed by atoms with E-state index in [2.05, 4.69) is 10.1 Å². The highest BCUT2D eigenvalue weighted by atomic mass is 35.5. The summed E-state index contributed by atoms with van der Waals surface area (Å²) >= 11 is 5.74. The quantitative estimate of drug-likeness (QED) is 0.901. The molecule has 0 radical (unpaired) electrons. The molecule has 0 saturated carbocycles. The number of carbonyl (C=O) groups is 1. The van der Waals surface area contributed by atoms with Gasteiger partial charge in [-0.25, -0.2) is 0 Å². The van der Waals surface area contributed by atoms with Gasteiger partial charge in [-0.1, -0.05) is 29.8 Å². The van der Waals surface area contributed by atoms with Gasteiger partial charge in [0.15, 0.2) is 0 Å². The lowest BCUT2D eigenvalue weighted by atomic mass is 10.1. The van der Waals surface area contributed by atoms with Crippen molar-refractivity contribution >= 4 is 23.2 Å². The first-order valence-electron chi connectivity index (χ1n) is 6.22. The molecule has 116 valence electrons. The summed E-state index contributed by atoms with van der Waals surface area (Å²) in [5.41, 5.74) is 0.963. The molecule has 0 bridgehead atoms. The maximum atomic E-state index is 12.1. The molecule has 0 atom stereocenters. The number of carbonyl (C=O) groups excluding carboxylic acids is 1. The number of ether oxygens (including phenoxy) is 1. The van der Waals surface area contributed by atoms with E-state index < -0.39 is 12.1 Å². The van der Waals surface area contributed by atoms with Gasteiger partial charge in [-0.2, -0.15) is 0 Å². The van der Waals surface area contributed by atoms with E-state index in [-0.39, 0.29) is 18.0 Å². The van der Waals surface area contributed by atoms with Crippen LogP contribution in [0, 0.1) is 0 Å². The summed E-state index contributed by atoms with van der Waals surface area (Å²) in [6.45, 7) is 0. The number of alkyl halides is 3. The van der Waals surface area contributed by atoms with Crippen LogP contribution in [0.1, 0.15) is 5.56 Å². The highest BCUT2D eigenvalue weighted by Gasteiger charge is 2.31. The molecule has 0 aromatic heterocycles. The smallest absolute Gasteiger partial charge is 0.406 e. The van der Waals surface area contributed by atoms with Gasteiger partial charge >= 0.3 is 6.36 Å². The van der Waals surface area contributed by atoms with Crippen molar-refractivity contribution in [3.05, 3.63) is 59.1 Å². The van der Waals surface area contributed by atoms with Crippen molar-refractivity contribution in [2.45, 2.75) is 12.8 Å². The molecule has 2 rings (SSSR count). The van der Waals surface area contributed by atoms with Crippen molar-refractivity contribution in [1.82, 2.24) is 0 Å². The Bertz CT molecular complexity index is 657. The maximum Gasteiger partial charge on any atom is 0.573 e. The van der Waals surface area contributed by atoms with E-state index in [1.54, 1.807) is 24.3 Å². The first kappa shape index (κ1) is 16.2. The van der Waals surface area contributed by atoms with E-state index in [0.717, 1.165) is 17.7 Å². The van der Waals surface area contributed by atoms with E-state index in [1.165, 1.54) is 12.1 Å². The Kier molecular flexibility index (Phi) is 4.92. The molecule has 1 amide bonds. The molecule has 0 fully saturated rings. The number of nitrogens with one attached hydrogen (secondary N) is 1. The Hall–Kier alpha value is -2.21. The minimum Gasteiger partial charge on any atom is -0.406 e. The molecule has 0 heterocycles. The fraction of sp³-hybridized carbons (Fsp3) is 0.133. The average Bonchev–Trinajstić information content (AvgIpc) is 2.40. The predicted molar refractivity (Wildman–Crippen MR) is 76.9 cm³/mol. The molecule has 0 aliphatic heterocycles. The van der Waals surface area contributed by atoms with Crippen LogP contribution in [0.2, 0.25) is 5.02 Å². The molecule has 2 aromatic carbocycles. The number of amides is 1. The van der Waals surface area contributed by atoms with Crippen LogP contribution < -0.4 is 10.1 Å². The summed E-state index contributed by atoms with van der Waals surface area (Å²) in [6, 6.07) is 11.8. The van der Waals surface area contributed by atoms with Crippen LogP contribution >= 0.6 is 11.6 Å². The summed E-state index contributed by atoms with van der Waals surface area (Å²) < 4.78 is 40.2. The van der Waals surface area contributed by atoms with Crippen LogP contribution in [0.4, 0.5) is 18.9 Å². The van der Waals surface area contributed by atoms with Crippen molar-refractivity contribution in [3.63, 3.8) is 0 Å². The van der Waals surface area contributed by atoms with E-state index in [0.29, 0.717) is 5.02 Å². The second-order valence-electron chi connectivity index (χ2n) is 4.43. The lowest BCUT2D eigenvalue weighted by Gasteiger charge is -2.10. The van der Waals surface area contributed by atoms with E-state index >= 15 is 0 Å². The van der Waals surface area contributed by atoms with Crippen LogP contribution in [0.5, 0.6) is 5.75 Å². The van der Waals surface area contributed by atoms with Crippen molar-refractivity contribution in [1.29, 1.82) is 0 Å². The van der Waals surface area contributed by atoms with Crippen LogP contribution in [-0.4, -0.2) is 12.3 Å². The van der Waals surface area contributed by atoms with Gasteiger partial charge in [0, 0.05) is 16.8 Å². The van der Waals surface area contributed by atoms with Gasteiger partial charge in [-0.05, 0) is 29.8 Å². The zero-order chi connectivity index (χ0) is 16.2. The summed E-state index contributed by atoms with van der Waals surface area (Å²) in [5.74, 6) is -0.747. The first-order valence-corrected chi connectivity index (χ1v) is 6.60. The molecular formula is C15H11ClF3NO2. The topological polar surface area (TPSA) is 38.3 Å². The molecule has 0 saturated heterocycles.